The minimum absolute atomic E-state index is 0.0847. The third-order valence-electron chi connectivity index (χ3n) is 4.72. The van der Waals surface area contributed by atoms with Crippen LogP contribution in [0.4, 0.5) is 15.8 Å². The van der Waals surface area contributed by atoms with Gasteiger partial charge in [0.2, 0.25) is 5.91 Å². The molecule has 0 spiro atoms. The van der Waals surface area contributed by atoms with Crippen LogP contribution in [0.2, 0.25) is 0 Å². The molecule has 2 aromatic carbocycles. The van der Waals surface area contributed by atoms with Crippen molar-refractivity contribution in [3.63, 3.8) is 0 Å². The van der Waals surface area contributed by atoms with Crippen LogP contribution in [-0.2, 0) is 9.59 Å². The molecule has 3 rings (SSSR count). The third-order valence-corrected chi connectivity index (χ3v) is 5.14. The number of hydrogen-bond donors (Lipinski definition) is 1. The van der Waals surface area contributed by atoms with Gasteiger partial charge in [0.15, 0.2) is 5.11 Å². The molecule has 1 heterocycles. The van der Waals surface area contributed by atoms with E-state index in [1.54, 1.807) is 35.2 Å². The van der Waals surface area contributed by atoms with E-state index in [4.69, 9.17) is 17.0 Å². The van der Waals surface area contributed by atoms with Crippen molar-refractivity contribution < 1.29 is 18.7 Å². The maximum Gasteiger partial charge on any atom is 0.256 e. The summed E-state index contributed by atoms with van der Waals surface area (Å²) >= 11 is 5.47. The number of benzene rings is 2. The zero-order chi connectivity index (χ0) is 22.4. The monoisotopic (exact) mass is 441 g/mol. The van der Waals surface area contributed by atoms with Crippen molar-refractivity contribution in [1.29, 1.82) is 0 Å². The molecule has 162 valence electrons. The van der Waals surface area contributed by atoms with Crippen molar-refractivity contribution in [2.24, 2.45) is 0 Å². The zero-order valence-corrected chi connectivity index (χ0v) is 18.0. The van der Waals surface area contributed by atoms with Gasteiger partial charge in [-0.25, -0.2) is 4.39 Å². The molecule has 0 unspecified atom stereocenters. The third kappa shape index (κ3) is 5.27. The molecule has 1 atom stereocenters. The number of halogens is 1. The van der Waals surface area contributed by atoms with Crippen LogP contribution in [0.15, 0.2) is 61.2 Å². The van der Waals surface area contributed by atoms with Crippen LogP contribution in [0.1, 0.15) is 19.8 Å². The zero-order valence-electron chi connectivity index (χ0n) is 17.2. The molecule has 1 saturated heterocycles. The van der Waals surface area contributed by atoms with Gasteiger partial charge in [0, 0.05) is 12.2 Å². The molecule has 0 aromatic heterocycles. The molecule has 8 heteroatoms. The quantitative estimate of drug-likeness (QED) is 0.468. The molecule has 0 aliphatic carbocycles. The first-order chi connectivity index (χ1) is 14.9. The largest absolute Gasteiger partial charge is 0.494 e. The Bertz CT molecular complexity index is 963. The summed E-state index contributed by atoms with van der Waals surface area (Å²) in [5.41, 5.74) is 1.06. The molecule has 1 aliphatic rings. The van der Waals surface area contributed by atoms with Gasteiger partial charge in [0.1, 0.15) is 17.6 Å². The Morgan fingerprint density at radius 1 is 1.23 bits per heavy atom. The number of rotatable bonds is 9. The van der Waals surface area contributed by atoms with E-state index in [1.165, 1.54) is 29.2 Å². The number of nitrogens with one attached hydrogen (secondary N) is 1. The molecule has 1 aliphatic heterocycles. The highest BCUT2D eigenvalue weighted by atomic mass is 32.1. The first-order valence-electron chi connectivity index (χ1n) is 9.98. The van der Waals surface area contributed by atoms with Crippen LogP contribution < -0.4 is 15.0 Å². The fourth-order valence-electron chi connectivity index (χ4n) is 3.25. The number of carbonyl (C=O) groups is 2. The van der Waals surface area contributed by atoms with Crippen molar-refractivity contribution >= 4 is 40.5 Å². The smallest absolute Gasteiger partial charge is 0.256 e. The lowest BCUT2D eigenvalue weighted by Crippen LogP contribution is -2.37. The molecule has 2 amide bonds. The predicted molar refractivity (Wildman–Crippen MR) is 123 cm³/mol. The highest BCUT2D eigenvalue weighted by molar-refractivity contribution is 7.80. The molecule has 6 nitrogen and oxygen atoms in total. The Labute approximate surface area is 186 Å². The number of ether oxygens (including phenoxy) is 1. The number of thiocarbonyl (C=S) groups is 1. The summed E-state index contributed by atoms with van der Waals surface area (Å²) in [4.78, 5) is 28.7. The molecule has 1 fully saturated rings. The van der Waals surface area contributed by atoms with E-state index in [-0.39, 0.29) is 23.3 Å². The first-order valence-corrected chi connectivity index (χ1v) is 10.4. The lowest BCUT2D eigenvalue weighted by atomic mass is 10.1. The SMILES string of the molecule is C=CCN1C(=S)N(c2ccc(F)cc2)C(=O)[C@@H]1CC(=O)Nc1ccc(OCCC)cc1. The van der Waals surface area contributed by atoms with E-state index < -0.39 is 11.9 Å². The van der Waals surface area contributed by atoms with Crippen molar-refractivity contribution in [2.75, 3.05) is 23.4 Å². The highest BCUT2D eigenvalue weighted by Crippen LogP contribution is 2.27. The Hall–Kier alpha value is -3.26. The van der Waals surface area contributed by atoms with Crippen LogP contribution in [0.3, 0.4) is 0 Å². The fraction of sp³-hybridized carbons (Fsp3) is 0.261. The molecule has 1 N–H and O–H groups in total. The molecular formula is C23H24FN3O3S. The highest BCUT2D eigenvalue weighted by Gasteiger charge is 2.43. The number of hydrogen-bond acceptors (Lipinski definition) is 4. The second kappa shape index (κ2) is 10.2. The average Bonchev–Trinajstić information content (AvgIpc) is 2.98. The van der Waals surface area contributed by atoms with Crippen molar-refractivity contribution in [3.05, 3.63) is 67.0 Å². The van der Waals surface area contributed by atoms with Gasteiger partial charge < -0.3 is 15.0 Å². The lowest BCUT2D eigenvalue weighted by Gasteiger charge is -2.22. The van der Waals surface area contributed by atoms with Crippen molar-refractivity contribution in [3.8, 4) is 5.75 Å². The van der Waals surface area contributed by atoms with Gasteiger partial charge in [-0.05, 0) is 67.2 Å². The van der Waals surface area contributed by atoms with Crippen molar-refractivity contribution in [1.82, 2.24) is 4.90 Å². The van der Waals surface area contributed by atoms with Gasteiger partial charge in [-0.15, -0.1) is 6.58 Å². The summed E-state index contributed by atoms with van der Waals surface area (Å²) in [6.07, 6.45) is 2.44. The lowest BCUT2D eigenvalue weighted by molar-refractivity contribution is -0.124. The van der Waals surface area contributed by atoms with Gasteiger partial charge in [-0.3, -0.25) is 14.5 Å². The molecule has 0 saturated carbocycles. The van der Waals surface area contributed by atoms with Crippen LogP contribution >= 0.6 is 12.2 Å². The van der Waals surface area contributed by atoms with Gasteiger partial charge in [-0.2, -0.15) is 0 Å². The normalized spacial score (nSPS) is 15.9. The first kappa shape index (κ1) is 22.4. The predicted octanol–water partition coefficient (Wildman–Crippen LogP) is 4.13. The minimum atomic E-state index is -0.775. The van der Waals surface area contributed by atoms with Crippen LogP contribution in [-0.4, -0.2) is 41.0 Å². The fourth-order valence-corrected chi connectivity index (χ4v) is 3.65. The van der Waals surface area contributed by atoms with E-state index in [0.29, 0.717) is 24.5 Å². The van der Waals surface area contributed by atoms with Crippen LogP contribution in [0.5, 0.6) is 5.75 Å². The van der Waals surface area contributed by atoms with E-state index in [9.17, 15) is 14.0 Å². The maximum atomic E-state index is 13.3. The minimum Gasteiger partial charge on any atom is -0.494 e. The standard InChI is InChI=1S/C23H24FN3O3S/c1-3-13-26-20(22(29)27(23(26)31)18-9-5-16(24)6-10-18)15-21(28)25-17-7-11-19(12-8-17)30-14-4-2/h3,5-12,20H,1,4,13-15H2,2H3,(H,25,28)/t20-/m0/s1. The summed E-state index contributed by atoms with van der Waals surface area (Å²) < 4.78 is 18.8. The Morgan fingerprint density at radius 3 is 2.52 bits per heavy atom. The Morgan fingerprint density at radius 2 is 1.90 bits per heavy atom. The molecule has 0 bridgehead atoms. The van der Waals surface area contributed by atoms with Crippen LogP contribution in [0.25, 0.3) is 0 Å². The van der Waals surface area contributed by atoms with Gasteiger partial charge in [-0.1, -0.05) is 13.0 Å². The van der Waals surface area contributed by atoms with E-state index in [0.717, 1.165) is 12.2 Å². The number of nitrogens with zero attached hydrogens (tertiary/aromatic N) is 2. The van der Waals surface area contributed by atoms with Crippen LogP contribution in [0, 0.1) is 5.82 Å². The van der Waals surface area contributed by atoms with Gasteiger partial charge >= 0.3 is 0 Å². The van der Waals surface area contributed by atoms with Gasteiger partial charge in [0.05, 0.1) is 18.7 Å². The number of anilines is 2. The molecule has 0 radical (unpaired) electrons. The Balaban J connectivity index is 1.71. The number of carbonyl (C=O) groups excluding carboxylic acids is 2. The number of amides is 2. The summed E-state index contributed by atoms with van der Waals surface area (Å²) in [5.74, 6) is -0.343. The summed E-state index contributed by atoms with van der Waals surface area (Å²) in [6, 6.07) is 11.8. The van der Waals surface area contributed by atoms with E-state index in [2.05, 4.69) is 11.9 Å². The second-order valence-electron chi connectivity index (χ2n) is 7.01. The molecular weight excluding hydrogens is 417 g/mol. The van der Waals surface area contributed by atoms with E-state index >= 15 is 0 Å². The summed E-state index contributed by atoms with van der Waals surface area (Å²) in [5, 5.41) is 3.06. The summed E-state index contributed by atoms with van der Waals surface area (Å²) in [7, 11) is 0. The van der Waals surface area contributed by atoms with Crippen molar-refractivity contribution in [2.45, 2.75) is 25.8 Å². The topological polar surface area (TPSA) is 61.9 Å². The average molecular weight is 442 g/mol. The Kier molecular flexibility index (Phi) is 7.36. The van der Waals surface area contributed by atoms with Gasteiger partial charge in [0.25, 0.3) is 5.91 Å². The molecule has 31 heavy (non-hydrogen) atoms. The second-order valence-corrected chi connectivity index (χ2v) is 7.38. The van der Waals surface area contributed by atoms with E-state index in [1.807, 2.05) is 6.92 Å². The maximum absolute atomic E-state index is 13.3. The summed E-state index contributed by atoms with van der Waals surface area (Å²) in [6.45, 7) is 6.67. The molecule has 2 aromatic rings.